The molecule has 0 amide bonds. The summed E-state index contributed by atoms with van der Waals surface area (Å²) in [5, 5.41) is 0. The number of hydrogen-bond acceptors (Lipinski definition) is 4. The van der Waals surface area contributed by atoms with Crippen LogP contribution in [0.2, 0.25) is 0 Å². The van der Waals surface area contributed by atoms with Crippen LogP contribution in [0.3, 0.4) is 0 Å². The maximum Gasteiger partial charge on any atom is 0.183 e. The van der Waals surface area contributed by atoms with Crippen LogP contribution >= 0.6 is 31.9 Å². The number of halogens is 2. The minimum atomic E-state index is 0.136. The van der Waals surface area contributed by atoms with Crippen molar-refractivity contribution in [1.29, 1.82) is 0 Å². The summed E-state index contributed by atoms with van der Waals surface area (Å²) < 4.78 is 7.41. The first kappa shape index (κ1) is 16.5. The van der Waals surface area contributed by atoms with E-state index in [0.29, 0.717) is 6.54 Å². The van der Waals surface area contributed by atoms with Crippen LogP contribution in [0.25, 0.3) is 0 Å². The van der Waals surface area contributed by atoms with E-state index in [2.05, 4.69) is 55.8 Å². The average molecular weight is 409 g/mol. The molecule has 20 heavy (non-hydrogen) atoms. The van der Waals surface area contributed by atoms with E-state index in [-0.39, 0.29) is 6.04 Å². The van der Waals surface area contributed by atoms with Gasteiger partial charge in [-0.1, -0.05) is 0 Å². The molecule has 0 saturated carbocycles. The van der Waals surface area contributed by atoms with Gasteiger partial charge >= 0.3 is 0 Å². The fraction of sp³-hybridized carbons (Fsp3) is 0.714. The molecule has 1 saturated heterocycles. The van der Waals surface area contributed by atoms with E-state index in [1.54, 1.807) is 0 Å². The third-order valence-electron chi connectivity index (χ3n) is 4.13. The van der Waals surface area contributed by atoms with Crippen molar-refractivity contribution >= 4 is 31.9 Å². The molecule has 2 rings (SSSR count). The van der Waals surface area contributed by atoms with E-state index < -0.39 is 0 Å². The van der Waals surface area contributed by atoms with Crippen molar-refractivity contribution in [2.75, 3.05) is 40.3 Å². The average Bonchev–Trinajstić information content (AvgIpc) is 2.73. The van der Waals surface area contributed by atoms with Crippen LogP contribution in [-0.2, 0) is 0 Å². The summed E-state index contributed by atoms with van der Waals surface area (Å²) in [6.45, 7) is 4.04. The van der Waals surface area contributed by atoms with Crippen molar-refractivity contribution < 1.29 is 4.42 Å². The van der Waals surface area contributed by atoms with Gasteiger partial charge < -0.3 is 15.1 Å². The molecule has 0 bridgehead atoms. The third-order valence-corrected chi connectivity index (χ3v) is 5.84. The Labute approximate surface area is 137 Å². The molecule has 1 unspecified atom stereocenters. The van der Waals surface area contributed by atoms with E-state index in [4.69, 9.17) is 10.2 Å². The van der Waals surface area contributed by atoms with E-state index in [0.717, 1.165) is 27.4 Å². The van der Waals surface area contributed by atoms with Crippen molar-refractivity contribution in [3.8, 4) is 0 Å². The number of nitrogens with two attached hydrogens (primary N) is 1. The van der Waals surface area contributed by atoms with Crippen molar-refractivity contribution in [2.24, 2.45) is 11.7 Å². The molecule has 1 aliphatic rings. The molecule has 0 aromatic carbocycles. The predicted molar refractivity (Wildman–Crippen MR) is 88.8 cm³/mol. The summed E-state index contributed by atoms with van der Waals surface area (Å²) in [5.41, 5.74) is 5.95. The molecule has 1 fully saturated rings. The van der Waals surface area contributed by atoms with Gasteiger partial charge in [0.2, 0.25) is 0 Å². The molecule has 6 heteroatoms. The zero-order valence-electron chi connectivity index (χ0n) is 12.1. The molecule has 114 valence electrons. The highest BCUT2D eigenvalue weighted by molar-refractivity contribution is 9.13. The Balaban J connectivity index is 1.96. The largest absolute Gasteiger partial charge is 0.451 e. The first-order valence-electron chi connectivity index (χ1n) is 7.04. The Morgan fingerprint density at radius 3 is 2.60 bits per heavy atom. The van der Waals surface area contributed by atoms with Gasteiger partial charge in [0.05, 0.1) is 10.5 Å². The monoisotopic (exact) mass is 407 g/mol. The molecule has 1 aromatic heterocycles. The highest BCUT2D eigenvalue weighted by Gasteiger charge is 2.24. The van der Waals surface area contributed by atoms with Gasteiger partial charge in [0, 0.05) is 13.1 Å². The summed E-state index contributed by atoms with van der Waals surface area (Å²) in [7, 11) is 4.33. The van der Waals surface area contributed by atoms with Crippen molar-refractivity contribution in [1.82, 2.24) is 9.80 Å². The summed E-state index contributed by atoms with van der Waals surface area (Å²) in [6, 6.07) is 2.14. The molecule has 0 radical (unpaired) electrons. The van der Waals surface area contributed by atoms with Crippen LogP contribution in [0, 0.1) is 5.92 Å². The lowest BCUT2D eigenvalue weighted by molar-refractivity contribution is 0.142. The SMILES string of the molecule is CN1CCC(CN(C)C(CN)c2cc(Br)c(Br)o2)CC1. The first-order valence-corrected chi connectivity index (χ1v) is 8.63. The van der Waals surface area contributed by atoms with Gasteiger partial charge in [0.1, 0.15) is 5.76 Å². The van der Waals surface area contributed by atoms with Gasteiger partial charge in [-0.25, -0.2) is 0 Å². The maximum absolute atomic E-state index is 5.95. The van der Waals surface area contributed by atoms with Crippen LogP contribution in [-0.4, -0.2) is 50.1 Å². The van der Waals surface area contributed by atoms with Gasteiger partial charge in [0.15, 0.2) is 4.67 Å². The molecule has 0 spiro atoms. The summed E-state index contributed by atoms with van der Waals surface area (Å²) in [6.07, 6.45) is 2.54. The molecule has 2 heterocycles. The minimum absolute atomic E-state index is 0.136. The number of piperidine rings is 1. The lowest BCUT2D eigenvalue weighted by atomic mass is 9.96. The van der Waals surface area contributed by atoms with Crippen LogP contribution in [0.5, 0.6) is 0 Å². The first-order chi connectivity index (χ1) is 9.51. The van der Waals surface area contributed by atoms with Crippen LogP contribution < -0.4 is 5.73 Å². The van der Waals surface area contributed by atoms with Crippen LogP contribution in [0.15, 0.2) is 19.6 Å². The zero-order chi connectivity index (χ0) is 14.7. The predicted octanol–water partition coefficient (Wildman–Crippen LogP) is 3.08. The number of furan rings is 1. The number of rotatable bonds is 5. The molecule has 4 nitrogen and oxygen atoms in total. The van der Waals surface area contributed by atoms with Gasteiger partial charge in [-0.3, -0.25) is 4.90 Å². The fourth-order valence-corrected chi connectivity index (χ4v) is 3.43. The summed E-state index contributed by atoms with van der Waals surface area (Å²) >= 11 is 6.85. The molecule has 1 atom stereocenters. The van der Waals surface area contributed by atoms with E-state index >= 15 is 0 Å². The van der Waals surface area contributed by atoms with Crippen molar-refractivity contribution in [3.05, 3.63) is 21.0 Å². The number of likely N-dealkylation sites (tertiary alicyclic amines) is 1. The van der Waals surface area contributed by atoms with Crippen molar-refractivity contribution in [3.63, 3.8) is 0 Å². The molecule has 1 aliphatic heterocycles. The Hall–Kier alpha value is 0.120. The normalized spacial score (nSPS) is 19.7. The second kappa shape index (κ2) is 7.40. The molecular weight excluding hydrogens is 386 g/mol. The van der Waals surface area contributed by atoms with Crippen molar-refractivity contribution in [2.45, 2.75) is 18.9 Å². The van der Waals surface area contributed by atoms with Gasteiger partial charge in [-0.05, 0) is 83.9 Å². The molecule has 1 aromatic rings. The Kier molecular flexibility index (Phi) is 6.10. The summed E-state index contributed by atoms with van der Waals surface area (Å²) in [5.74, 6) is 1.67. The van der Waals surface area contributed by atoms with Gasteiger partial charge in [-0.15, -0.1) is 0 Å². The standard InChI is InChI=1S/C14H23Br2N3O/c1-18-5-3-10(4-6-18)9-19(2)12(8-17)13-7-11(15)14(16)20-13/h7,10,12H,3-6,8-9,17H2,1-2H3. The third kappa shape index (κ3) is 4.07. The zero-order valence-corrected chi connectivity index (χ0v) is 15.3. The highest BCUT2D eigenvalue weighted by atomic mass is 79.9. The highest BCUT2D eigenvalue weighted by Crippen LogP contribution is 2.32. The van der Waals surface area contributed by atoms with E-state index in [9.17, 15) is 0 Å². The smallest absolute Gasteiger partial charge is 0.183 e. The fourth-order valence-electron chi connectivity index (χ4n) is 2.82. The lowest BCUT2D eigenvalue weighted by Gasteiger charge is -2.34. The number of likely N-dealkylation sites (N-methyl/N-ethyl adjacent to an activating group) is 1. The molecular formula is C14H23Br2N3O. The molecule has 0 aliphatic carbocycles. The Morgan fingerprint density at radius 1 is 1.45 bits per heavy atom. The second-order valence-corrected chi connectivity index (χ2v) is 7.28. The Morgan fingerprint density at radius 2 is 2.10 bits per heavy atom. The Bertz CT molecular complexity index is 411. The van der Waals surface area contributed by atoms with Gasteiger partial charge in [0.25, 0.3) is 0 Å². The van der Waals surface area contributed by atoms with E-state index in [1.807, 2.05) is 6.07 Å². The van der Waals surface area contributed by atoms with Crippen LogP contribution in [0.1, 0.15) is 24.6 Å². The second-order valence-electron chi connectivity index (χ2n) is 5.71. The topological polar surface area (TPSA) is 45.6 Å². The van der Waals surface area contributed by atoms with Gasteiger partial charge in [-0.2, -0.15) is 0 Å². The lowest BCUT2D eigenvalue weighted by Crippen LogP contribution is -2.38. The number of hydrogen-bond donors (Lipinski definition) is 1. The summed E-state index contributed by atoms with van der Waals surface area (Å²) in [4.78, 5) is 4.73. The minimum Gasteiger partial charge on any atom is -0.451 e. The van der Waals surface area contributed by atoms with Crippen LogP contribution in [0.4, 0.5) is 0 Å². The quantitative estimate of drug-likeness (QED) is 0.813. The molecule has 2 N–H and O–H groups in total. The number of nitrogens with zero attached hydrogens (tertiary/aromatic N) is 2. The maximum atomic E-state index is 5.95. The van der Waals surface area contributed by atoms with E-state index in [1.165, 1.54) is 25.9 Å².